The van der Waals surface area contributed by atoms with Crippen molar-refractivity contribution in [1.29, 1.82) is 5.26 Å². The van der Waals surface area contributed by atoms with E-state index in [-0.39, 0.29) is 10.5 Å². The molecular weight excluding hydrogens is 468 g/mol. The Morgan fingerprint density at radius 3 is 2.26 bits per heavy atom. The van der Waals surface area contributed by atoms with Gasteiger partial charge >= 0.3 is 5.97 Å². The second kappa shape index (κ2) is 11.6. The van der Waals surface area contributed by atoms with Crippen LogP contribution in [0.1, 0.15) is 24.8 Å². The molecule has 1 fully saturated rings. The summed E-state index contributed by atoms with van der Waals surface area (Å²) in [6.07, 6.45) is 4.10. The maximum absolute atomic E-state index is 12.7. The zero-order valence-corrected chi connectivity index (χ0v) is 20.5. The minimum Gasteiger partial charge on any atom is -0.451 e. The van der Waals surface area contributed by atoms with Crippen LogP contribution in [0.5, 0.6) is 0 Å². The number of esters is 1. The van der Waals surface area contributed by atoms with Crippen LogP contribution >= 0.6 is 0 Å². The highest BCUT2D eigenvalue weighted by atomic mass is 32.2. The third-order valence-corrected chi connectivity index (χ3v) is 7.40. The first kappa shape index (κ1) is 25.9. The molecule has 3 rings (SSSR count). The number of benzene rings is 2. The molecule has 1 N–H and O–H groups in total. The second-order valence-corrected chi connectivity index (χ2v) is 10.2. The van der Waals surface area contributed by atoms with Gasteiger partial charge in [-0.15, -0.1) is 0 Å². The van der Waals surface area contributed by atoms with Crippen molar-refractivity contribution in [2.75, 3.05) is 44.0 Å². The Labute approximate surface area is 205 Å². The summed E-state index contributed by atoms with van der Waals surface area (Å²) in [4.78, 5) is 26.5. The summed E-state index contributed by atoms with van der Waals surface area (Å²) >= 11 is 0. The molecule has 0 atom stereocenters. The molecule has 2 aromatic carbocycles. The molecule has 1 aliphatic heterocycles. The molecule has 35 heavy (non-hydrogen) atoms. The van der Waals surface area contributed by atoms with Gasteiger partial charge in [0.1, 0.15) is 11.6 Å². The Balaban J connectivity index is 1.55. The van der Waals surface area contributed by atoms with Crippen LogP contribution in [0.15, 0.2) is 59.0 Å². The van der Waals surface area contributed by atoms with Gasteiger partial charge in [0, 0.05) is 38.6 Å². The SMILES string of the molecule is CN(C)c1ccc(C=C(C#N)C(=O)OCC(=O)Nc2ccc(S(=O)(=O)N3CCCCC3)cc2)cc1. The van der Waals surface area contributed by atoms with Gasteiger partial charge in [0.25, 0.3) is 5.91 Å². The lowest BCUT2D eigenvalue weighted by atomic mass is 10.1. The highest BCUT2D eigenvalue weighted by molar-refractivity contribution is 7.89. The Morgan fingerprint density at radius 1 is 1.06 bits per heavy atom. The molecule has 0 radical (unpaired) electrons. The molecule has 1 saturated heterocycles. The highest BCUT2D eigenvalue weighted by Gasteiger charge is 2.25. The predicted octanol–water partition coefficient (Wildman–Crippen LogP) is 3.02. The minimum absolute atomic E-state index is 0.159. The monoisotopic (exact) mass is 496 g/mol. The van der Waals surface area contributed by atoms with Crippen molar-refractivity contribution >= 4 is 39.4 Å². The first-order valence-electron chi connectivity index (χ1n) is 11.2. The van der Waals surface area contributed by atoms with Crippen LogP contribution < -0.4 is 10.2 Å². The first-order chi connectivity index (χ1) is 16.7. The summed E-state index contributed by atoms with van der Waals surface area (Å²) < 4.78 is 31.9. The number of sulfonamides is 1. The maximum Gasteiger partial charge on any atom is 0.349 e. The molecule has 0 spiro atoms. The number of nitrogens with zero attached hydrogens (tertiary/aromatic N) is 3. The van der Waals surface area contributed by atoms with Crippen LogP contribution in [-0.2, 0) is 24.3 Å². The predicted molar refractivity (Wildman–Crippen MR) is 133 cm³/mol. The molecule has 1 aliphatic rings. The number of nitriles is 1. The molecule has 0 unspecified atom stereocenters. The molecule has 0 aromatic heterocycles. The Bertz CT molecular complexity index is 1220. The number of hydrogen-bond acceptors (Lipinski definition) is 7. The average Bonchev–Trinajstić information content (AvgIpc) is 2.87. The number of carbonyl (C=O) groups excluding carboxylic acids is 2. The Hall–Kier alpha value is -3.68. The highest BCUT2D eigenvalue weighted by Crippen LogP contribution is 2.22. The lowest BCUT2D eigenvalue weighted by Gasteiger charge is -2.25. The van der Waals surface area contributed by atoms with Crippen molar-refractivity contribution in [2.24, 2.45) is 0 Å². The number of piperidine rings is 1. The van der Waals surface area contributed by atoms with Gasteiger partial charge in [-0.1, -0.05) is 18.6 Å². The van der Waals surface area contributed by atoms with Gasteiger partial charge in [-0.3, -0.25) is 4.79 Å². The van der Waals surface area contributed by atoms with Gasteiger partial charge in [0.05, 0.1) is 4.90 Å². The fourth-order valence-corrected chi connectivity index (χ4v) is 5.06. The topological polar surface area (TPSA) is 120 Å². The summed E-state index contributed by atoms with van der Waals surface area (Å²) in [6.45, 7) is 0.421. The number of anilines is 2. The molecule has 9 nitrogen and oxygen atoms in total. The standard InChI is InChI=1S/C25H28N4O5S/c1-28(2)22-10-6-19(7-11-22)16-20(17-26)25(31)34-18-24(30)27-21-8-12-23(13-9-21)35(32,33)29-14-4-3-5-15-29/h6-13,16H,3-5,14-15,18H2,1-2H3,(H,27,30). The van der Waals surface area contributed by atoms with E-state index in [2.05, 4.69) is 5.32 Å². The van der Waals surface area contributed by atoms with E-state index in [9.17, 15) is 23.3 Å². The average molecular weight is 497 g/mol. The van der Waals surface area contributed by atoms with Crippen molar-refractivity contribution < 1.29 is 22.7 Å². The van der Waals surface area contributed by atoms with Crippen LogP contribution in [0.3, 0.4) is 0 Å². The number of amides is 1. The Morgan fingerprint density at radius 2 is 1.69 bits per heavy atom. The summed E-state index contributed by atoms with van der Waals surface area (Å²) in [5, 5.41) is 11.9. The van der Waals surface area contributed by atoms with Gasteiger partial charge in [-0.2, -0.15) is 9.57 Å². The lowest BCUT2D eigenvalue weighted by molar-refractivity contribution is -0.142. The summed E-state index contributed by atoms with van der Waals surface area (Å²) in [5.41, 5.74) is 1.74. The van der Waals surface area contributed by atoms with Crippen molar-refractivity contribution in [3.8, 4) is 6.07 Å². The number of ether oxygens (including phenoxy) is 1. The lowest BCUT2D eigenvalue weighted by Crippen LogP contribution is -2.35. The van der Waals surface area contributed by atoms with E-state index >= 15 is 0 Å². The fourth-order valence-electron chi connectivity index (χ4n) is 3.54. The molecule has 0 aliphatic carbocycles. The number of rotatable bonds is 8. The normalized spacial score (nSPS) is 14.6. The summed E-state index contributed by atoms with van der Waals surface area (Å²) in [5.74, 6) is -1.53. The van der Waals surface area contributed by atoms with Gasteiger partial charge in [-0.25, -0.2) is 13.2 Å². The molecule has 10 heteroatoms. The molecule has 2 aromatic rings. The zero-order valence-electron chi connectivity index (χ0n) is 19.7. The molecule has 1 amide bonds. The first-order valence-corrected chi connectivity index (χ1v) is 12.6. The fraction of sp³-hybridized carbons (Fsp3) is 0.320. The van der Waals surface area contributed by atoms with Crippen LogP contribution in [0.4, 0.5) is 11.4 Å². The largest absolute Gasteiger partial charge is 0.451 e. The van der Waals surface area contributed by atoms with Crippen LogP contribution in [0, 0.1) is 11.3 Å². The molecular formula is C25H28N4O5S. The van der Waals surface area contributed by atoms with Gasteiger partial charge < -0.3 is 15.0 Å². The van der Waals surface area contributed by atoms with Crippen molar-refractivity contribution in [3.05, 3.63) is 59.7 Å². The minimum atomic E-state index is -3.56. The van der Waals surface area contributed by atoms with E-state index < -0.39 is 28.5 Å². The smallest absolute Gasteiger partial charge is 0.349 e. The zero-order chi connectivity index (χ0) is 25.4. The molecule has 0 bridgehead atoms. The number of carbonyl (C=O) groups is 2. The summed E-state index contributed by atoms with van der Waals surface area (Å²) in [6, 6.07) is 14.9. The molecule has 0 saturated carbocycles. The third kappa shape index (κ3) is 6.91. The third-order valence-electron chi connectivity index (χ3n) is 5.49. The van der Waals surface area contributed by atoms with E-state index in [0.717, 1.165) is 24.9 Å². The van der Waals surface area contributed by atoms with Crippen molar-refractivity contribution in [3.63, 3.8) is 0 Å². The van der Waals surface area contributed by atoms with E-state index in [4.69, 9.17) is 4.74 Å². The van der Waals surface area contributed by atoms with Gasteiger partial charge in [0.2, 0.25) is 10.0 Å². The molecule has 1 heterocycles. The van der Waals surface area contributed by atoms with Crippen LogP contribution in [0.2, 0.25) is 0 Å². The van der Waals surface area contributed by atoms with E-state index in [1.807, 2.05) is 31.1 Å². The molecule has 184 valence electrons. The maximum atomic E-state index is 12.7. The van der Waals surface area contributed by atoms with E-state index in [1.165, 1.54) is 34.6 Å². The quantitative estimate of drug-likeness (QED) is 0.339. The van der Waals surface area contributed by atoms with Gasteiger partial charge in [0.15, 0.2) is 6.61 Å². The Kier molecular flexibility index (Phi) is 8.63. The van der Waals surface area contributed by atoms with E-state index in [0.29, 0.717) is 24.3 Å². The van der Waals surface area contributed by atoms with E-state index in [1.54, 1.807) is 18.2 Å². The summed E-state index contributed by atoms with van der Waals surface area (Å²) in [7, 11) is 0.244. The second-order valence-electron chi connectivity index (χ2n) is 8.27. The van der Waals surface area contributed by atoms with Crippen molar-refractivity contribution in [1.82, 2.24) is 4.31 Å². The van der Waals surface area contributed by atoms with Crippen LogP contribution in [0.25, 0.3) is 6.08 Å². The van der Waals surface area contributed by atoms with Crippen LogP contribution in [-0.4, -0.2) is 58.4 Å². The number of nitrogens with one attached hydrogen (secondary N) is 1. The van der Waals surface area contributed by atoms with Gasteiger partial charge in [-0.05, 0) is 60.9 Å². The van der Waals surface area contributed by atoms with Crippen molar-refractivity contribution in [2.45, 2.75) is 24.2 Å². The number of hydrogen-bond donors (Lipinski definition) is 1.